The maximum absolute atomic E-state index is 13.2. The number of benzene rings is 4. The standard InChI is InChI=1S/C50H58N10O9/c1-6-68-44-27-34(13-16-39(44)53-49-52-30-41-46(54-49)57(4)40-10-8-7-9-36(40)48(64)58(41)5)59-20-17-32(18-21-59)47(63)51-19-22-66-23-24-67-25-26-69-35-14-11-33(12-15-35)60-45(55-56-50(60)65)38-28-37(31(2)3)42(61)29-43(38)62/h7-16,27-32,61-62H,6,17-26H2,1-5H3,(H,51,63)(H,56,65)(H,52,53,54). The second-order valence-corrected chi connectivity index (χ2v) is 16.9. The van der Waals surface area contributed by atoms with Gasteiger partial charge in [-0.25, -0.2) is 9.55 Å². The van der Waals surface area contributed by atoms with Crippen molar-refractivity contribution in [3.05, 3.63) is 96.2 Å². The van der Waals surface area contributed by atoms with E-state index in [2.05, 4.69) is 30.7 Å². The van der Waals surface area contributed by atoms with E-state index >= 15 is 0 Å². The highest BCUT2D eigenvalue weighted by molar-refractivity contribution is 6.13. The van der Waals surface area contributed by atoms with E-state index in [0.29, 0.717) is 116 Å². The number of fused-ring (bicyclic) bond motifs is 2. The molecule has 2 aliphatic heterocycles. The third-order valence-electron chi connectivity index (χ3n) is 12.1. The molecule has 8 rings (SSSR count). The van der Waals surface area contributed by atoms with Crippen LogP contribution in [0.25, 0.3) is 17.1 Å². The number of aromatic hydroxyl groups is 3. The topological polar surface area (TPSA) is 222 Å². The Kier molecular flexibility index (Phi) is 14.9. The van der Waals surface area contributed by atoms with E-state index in [-0.39, 0.29) is 47.0 Å². The molecule has 4 heterocycles. The number of ether oxygens (including phenoxy) is 4. The van der Waals surface area contributed by atoms with Gasteiger partial charge in [-0.15, -0.1) is 5.10 Å². The van der Waals surface area contributed by atoms with Gasteiger partial charge in [-0.1, -0.05) is 31.1 Å². The Morgan fingerprint density at radius 3 is 2.28 bits per heavy atom. The maximum atomic E-state index is 13.2. The fraction of sp³-hybridized carbons (Fsp3) is 0.360. The summed E-state index contributed by atoms with van der Waals surface area (Å²) in [5.74, 6) is 1.99. The number of para-hydroxylation sites is 1. The number of hydrogen-bond donors (Lipinski definition) is 5. The van der Waals surface area contributed by atoms with Gasteiger partial charge in [-0.2, -0.15) is 4.98 Å². The summed E-state index contributed by atoms with van der Waals surface area (Å²) in [6.07, 6.45) is 3.08. The molecule has 0 aliphatic carbocycles. The molecule has 2 aliphatic rings. The Morgan fingerprint density at radius 1 is 0.797 bits per heavy atom. The summed E-state index contributed by atoms with van der Waals surface area (Å²) in [7, 11) is 3.61. The molecule has 362 valence electrons. The number of anilines is 6. The second-order valence-electron chi connectivity index (χ2n) is 16.9. The second kappa shape index (κ2) is 21.5. The highest BCUT2D eigenvalue weighted by Crippen LogP contribution is 2.41. The number of carbonyl (C=O) groups is 2. The molecule has 5 N–H and O–H groups in total. The van der Waals surface area contributed by atoms with E-state index in [9.17, 15) is 24.9 Å². The molecule has 2 aromatic heterocycles. The van der Waals surface area contributed by atoms with Crippen LogP contribution in [0.4, 0.5) is 34.5 Å². The van der Waals surface area contributed by atoms with Gasteiger partial charge in [-0.3, -0.25) is 9.59 Å². The quantitative estimate of drug-likeness (QED) is 0.0521. The van der Waals surface area contributed by atoms with E-state index < -0.39 is 0 Å². The Labute approximate surface area is 400 Å². The first-order valence-electron chi connectivity index (χ1n) is 23.1. The first kappa shape index (κ1) is 47.8. The van der Waals surface area contributed by atoms with Crippen LogP contribution in [0.3, 0.4) is 0 Å². The first-order valence-corrected chi connectivity index (χ1v) is 23.1. The third-order valence-corrected chi connectivity index (χ3v) is 12.1. The molecule has 19 nitrogen and oxygen atoms in total. The lowest BCUT2D eigenvalue weighted by Gasteiger charge is -2.33. The van der Waals surface area contributed by atoms with Crippen LogP contribution in [0.2, 0.25) is 0 Å². The molecule has 6 aromatic rings. The van der Waals surface area contributed by atoms with Crippen LogP contribution in [-0.2, 0) is 14.3 Å². The van der Waals surface area contributed by atoms with Gasteiger partial charge in [0.2, 0.25) is 11.9 Å². The van der Waals surface area contributed by atoms with Crippen LogP contribution in [0.5, 0.6) is 29.0 Å². The molecule has 0 spiro atoms. The highest BCUT2D eigenvalue weighted by Gasteiger charge is 2.30. The number of carbonyl (C=O) groups excluding carboxylic acids is 2. The fourth-order valence-electron chi connectivity index (χ4n) is 8.41. The van der Waals surface area contributed by atoms with Crippen molar-refractivity contribution in [2.75, 3.05) is 93.4 Å². The summed E-state index contributed by atoms with van der Waals surface area (Å²) in [5, 5.41) is 45.6. The Bertz CT molecular complexity index is 2760. The van der Waals surface area contributed by atoms with E-state index in [1.807, 2.05) is 75.2 Å². The average Bonchev–Trinajstić information content (AvgIpc) is 3.71. The lowest BCUT2D eigenvalue weighted by Crippen LogP contribution is -2.41. The predicted octanol–water partition coefficient (Wildman–Crippen LogP) is 6.91. The molecular weight excluding hydrogens is 885 g/mol. The summed E-state index contributed by atoms with van der Waals surface area (Å²) in [4.78, 5) is 41.4. The summed E-state index contributed by atoms with van der Waals surface area (Å²) in [5.41, 5.74) is 5.14. The molecule has 69 heavy (non-hydrogen) atoms. The fourth-order valence-corrected chi connectivity index (χ4v) is 8.41. The van der Waals surface area contributed by atoms with Crippen LogP contribution in [0, 0.1) is 5.92 Å². The number of nitrogens with zero attached hydrogens (tertiary/aromatic N) is 8. The lowest BCUT2D eigenvalue weighted by molar-refractivity contribution is -0.125. The molecule has 2 amide bonds. The molecule has 0 saturated carbocycles. The van der Waals surface area contributed by atoms with Crippen molar-refractivity contribution in [2.45, 2.75) is 39.5 Å². The summed E-state index contributed by atoms with van der Waals surface area (Å²) in [6, 6.07) is 22.9. The molecule has 0 radical (unpaired) electrons. The zero-order valence-corrected chi connectivity index (χ0v) is 39.4. The average molecular weight is 943 g/mol. The Morgan fingerprint density at radius 2 is 1.52 bits per heavy atom. The number of rotatable bonds is 19. The van der Waals surface area contributed by atoms with E-state index in [1.165, 1.54) is 10.6 Å². The van der Waals surface area contributed by atoms with Crippen molar-refractivity contribution in [2.24, 2.45) is 5.92 Å². The minimum Gasteiger partial charge on any atom is -0.508 e. The van der Waals surface area contributed by atoms with Gasteiger partial charge in [0, 0.05) is 57.5 Å². The molecule has 19 heteroatoms. The predicted molar refractivity (Wildman–Crippen MR) is 261 cm³/mol. The molecule has 0 bridgehead atoms. The minimum absolute atomic E-state index is 0.0121. The molecular formula is C50H58N10O9. The van der Waals surface area contributed by atoms with Crippen LogP contribution in [-0.4, -0.2) is 125 Å². The summed E-state index contributed by atoms with van der Waals surface area (Å²) < 4.78 is 24.6. The van der Waals surface area contributed by atoms with E-state index in [4.69, 9.17) is 23.9 Å². The van der Waals surface area contributed by atoms with Gasteiger partial charge < -0.3 is 59.6 Å². The maximum Gasteiger partial charge on any atom is 0.319 e. The first-order chi connectivity index (χ1) is 33.4. The van der Waals surface area contributed by atoms with Crippen LogP contribution in [0.15, 0.2) is 85.1 Å². The smallest absolute Gasteiger partial charge is 0.319 e. The van der Waals surface area contributed by atoms with Gasteiger partial charge in [0.25, 0.3) is 5.91 Å². The summed E-state index contributed by atoms with van der Waals surface area (Å²) in [6.45, 7) is 9.82. The number of piperidine rings is 1. The molecule has 0 atom stereocenters. The Hall–Kier alpha value is -7.64. The molecule has 1 saturated heterocycles. The minimum atomic E-state index is -0.357. The van der Waals surface area contributed by atoms with Crippen molar-refractivity contribution in [1.82, 2.24) is 30.0 Å². The van der Waals surface area contributed by atoms with Crippen molar-refractivity contribution in [3.8, 4) is 46.1 Å². The van der Waals surface area contributed by atoms with Gasteiger partial charge in [0.15, 0.2) is 11.6 Å². The Balaban J connectivity index is 0.727. The van der Waals surface area contributed by atoms with Crippen molar-refractivity contribution in [3.63, 3.8) is 0 Å². The van der Waals surface area contributed by atoms with Gasteiger partial charge in [-0.05, 0) is 85.8 Å². The lowest BCUT2D eigenvalue weighted by atomic mass is 9.95. The molecule has 0 unspecified atom stereocenters. The normalized spacial score (nSPS) is 13.8. The zero-order chi connectivity index (χ0) is 48.6. The molecule has 1 fully saturated rings. The van der Waals surface area contributed by atoms with Gasteiger partial charge in [0.05, 0.1) is 67.4 Å². The van der Waals surface area contributed by atoms with E-state index in [1.54, 1.807) is 48.5 Å². The van der Waals surface area contributed by atoms with Crippen molar-refractivity contribution >= 4 is 46.3 Å². The van der Waals surface area contributed by atoms with Gasteiger partial charge >= 0.3 is 6.01 Å². The van der Waals surface area contributed by atoms with Crippen LogP contribution < -0.4 is 34.8 Å². The SMILES string of the molecule is CCOc1cc(N2CCC(C(=O)NCCOCCOCCOc3ccc(-n4c(O)nnc4-c4cc(C(C)C)c(O)cc4O)cc3)CC2)ccc1Nc1ncc2c(n1)N(C)c1ccccc1C(=O)N2C. The number of phenolic OH excluding ortho intramolecular Hbond substituents is 2. The number of amides is 2. The highest BCUT2D eigenvalue weighted by atomic mass is 16.5. The third kappa shape index (κ3) is 10.7. The van der Waals surface area contributed by atoms with Crippen molar-refractivity contribution < 1.29 is 43.9 Å². The summed E-state index contributed by atoms with van der Waals surface area (Å²) >= 11 is 0. The molecule has 4 aromatic carbocycles. The number of hydrogen-bond acceptors (Lipinski definition) is 16. The van der Waals surface area contributed by atoms with Crippen molar-refractivity contribution in [1.29, 1.82) is 0 Å². The van der Waals surface area contributed by atoms with Crippen LogP contribution in [0.1, 0.15) is 55.5 Å². The monoisotopic (exact) mass is 942 g/mol. The number of phenols is 2. The van der Waals surface area contributed by atoms with Crippen LogP contribution >= 0.6 is 0 Å². The largest absolute Gasteiger partial charge is 0.508 e. The number of nitrogens with one attached hydrogen (secondary N) is 2. The zero-order valence-electron chi connectivity index (χ0n) is 39.4. The number of aromatic nitrogens is 5. The van der Waals surface area contributed by atoms with E-state index in [0.717, 1.165) is 24.5 Å². The van der Waals surface area contributed by atoms with Gasteiger partial charge in [0.1, 0.15) is 35.3 Å².